The predicted molar refractivity (Wildman–Crippen MR) is 131 cm³/mol. The van der Waals surface area contributed by atoms with Crippen LogP contribution in [-0.2, 0) is 42.3 Å². The van der Waals surface area contributed by atoms with Crippen LogP contribution >= 0.6 is 11.3 Å². The molecule has 0 fully saturated rings. The molecule has 13 heteroatoms. The van der Waals surface area contributed by atoms with Crippen molar-refractivity contribution in [3.8, 4) is 0 Å². The maximum Gasteiger partial charge on any atom is 0.280 e. The molecule has 2 N–H and O–H groups in total. The molecule has 0 aliphatic heterocycles. The molecule has 0 spiro atoms. The molecule has 0 atom stereocenters. The van der Waals surface area contributed by atoms with Crippen molar-refractivity contribution in [2.45, 2.75) is 18.1 Å². The van der Waals surface area contributed by atoms with E-state index in [-0.39, 0.29) is 30.4 Å². The molecule has 0 saturated carbocycles. The highest BCUT2D eigenvalue weighted by Gasteiger charge is 2.19. The van der Waals surface area contributed by atoms with Crippen molar-refractivity contribution in [3.05, 3.63) is 71.0 Å². The largest absolute Gasteiger partial charge is 0.389 e. The van der Waals surface area contributed by atoms with Crippen LogP contribution in [0, 0.1) is 0 Å². The normalized spacial score (nSPS) is 11.9. The summed E-state index contributed by atoms with van der Waals surface area (Å²) >= 11 is 1.26. The van der Waals surface area contributed by atoms with Gasteiger partial charge < -0.3 is 14.3 Å². The van der Waals surface area contributed by atoms with Crippen molar-refractivity contribution in [3.63, 3.8) is 0 Å². The number of hydrogen-bond acceptors (Lipinski definition) is 10. The number of thiazole rings is 1. The number of benzene rings is 1. The fourth-order valence-corrected chi connectivity index (χ4v) is 4.55. The molecule has 11 nitrogen and oxygen atoms in total. The lowest BCUT2D eigenvalue weighted by atomic mass is 10.1. The van der Waals surface area contributed by atoms with Gasteiger partial charge in [0, 0.05) is 38.7 Å². The summed E-state index contributed by atoms with van der Waals surface area (Å²) in [5, 5.41) is 7.07. The lowest BCUT2D eigenvalue weighted by Gasteiger charge is -2.09. The smallest absolute Gasteiger partial charge is 0.280 e. The summed E-state index contributed by atoms with van der Waals surface area (Å²) in [5.41, 5.74) is 0.928. The van der Waals surface area contributed by atoms with Crippen LogP contribution in [0.1, 0.15) is 16.1 Å². The van der Waals surface area contributed by atoms with Crippen molar-refractivity contribution in [2.75, 3.05) is 32.7 Å². The van der Waals surface area contributed by atoms with Crippen LogP contribution in [0.4, 0.5) is 5.13 Å². The Morgan fingerprint density at radius 2 is 1.86 bits per heavy atom. The van der Waals surface area contributed by atoms with Crippen molar-refractivity contribution in [2.24, 2.45) is 5.16 Å². The van der Waals surface area contributed by atoms with Crippen LogP contribution in [0.25, 0.3) is 0 Å². The first kappa shape index (κ1) is 26.4. The Balaban J connectivity index is 1.81. The number of methoxy groups -OCH3 is 2. The molecule has 0 saturated heterocycles. The number of amides is 1. The fraction of sp³-hybridized carbons (Fsp3) is 0.273. The van der Waals surface area contributed by atoms with Gasteiger partial charge in [0.05, 0.1) is 28.7 Å². The number of hydrogen-bond donors (Lipinski definition) is 2. The summed E-state index contributed by atoms with van der Waals surface area (Å²) < 4.78 is 37.2. The predicted octanol–water partition coefficient (Wildman–Crippen LogP) is 2.17. The number of rotatable bonds is 13. The number of carbonyl (C=O) groups is 1. The maximum atomic E-state index is 13.0. The highest BCUT2D eigenvalue weighted by atomic mass is 32.2. The zero-order valence-corrected chi connectivity index (χ0v) is 20.8. The molecule has 0 unspecified atom stereocenters. The van der Waals surface area contributed by atoms with Gasteiger partial charge in [-0.05, 0) is 24.3 Å². The minimum Gasteiger partial charge on any atom is -0.389 e. The van der Waals surface area contributed by atoms with Gasteiger partial charge in [0.15, 0.2) is 17.5 Å². The number of carbonyl (C=O) groups excluding carboxylic acids is 1. The van der Waals surface area contributed by atoms with E-state index in [1.54, 1.807) is 31.6 Å². The summed E-state index contributed by atoms with van der Waals surface area (Å²) in [7, 11) is -0.680. The van der Waals surface area contributed by atoms with Gasteiger partial charge >= 0.3 is 0 Å². The second-order valence-electron chi connectivity index (χ2n) is 6.97. The first-order valence-corrected chi connectivity index (χ1v) is 12.7. The molecule has 0 aliphatic carbocycles. The molecule has 2 heterocycles. The molecule has 0 radical (unpaired) electrons. The van der Waals surface area contributed by atoms with Crippen LogP contribution in [0.2, 0.25) is 0 Å². The van der Waals surface area contributed by atoms with Crippen LogP contribution in [0.5, 0.6) is 0 Å². The summed E-state index contributed by atoms with van der Waals surface area (Å²) in [5.74, 6) is -0.571. The molecule has 2 aromatic heterocycles. The van der Waals surface area contributed by atoms with Crippen LogP contribution in [0.15, 0.2) is 64.9 Å². The standard InChI is InChI=1S/C22H25N5O6S2/c1-31-12-11-25-35(29,30)19-8-6-16(7-9-19)20(27-33-14-17-5-3-4-10-23-17)21(28)26-22-24-13-18(34-22)15-32-2/h3-10,13,25H,11-12,14-15H2,1-2H3,(H,24,26,28)/b27-20+. The number of oxime groups is 1. The van der Waals surface area contributed by atoms with E-state index in [0.29, 0.717) is 23.0 Å². The molecule has 186 valence electrons. The van der Waals surface area contributed by atoms with E-state index in [0.717, 1.165) is 4.88 Å². The van der Waals surface area contributed by atoms with Gasteiger partial charge in [0.1, 0.15) is 0 Å². The van der Waals surface area contributed by atoms with E-state index >= 15 is 0 Å². The van der Waals surface area contributed by atoms with Crippen molar-refractivity contribution >= 4 is 38.1 Å². The van der Waals surface area contributed by atoms with E-state index in [2.05, 4.69) is 25.2 Å². The summed E-state index contributed by atoms with van der Waals surface area (Å²) in [4.78, 5) is 27.6. The topological polar surface area (TPSA) is 141 Å². The molecular weight excluding hydrogens is 494 g/mol. The number of ether oxygens (including phenoxy) is 2. The maximum absolute atomic E-state index is 13.0. The van der Waals surface area contributed by atoms with Gasteiger partial charge in [-0.15, -0.1) is 0 Å². The average molecular weight is 520 g/mol. The van der Waals surface area contributed by atoms with Crippen molar-refractivity contribution < 1.29 is 27.5 Å². The minimum atomic E-state index is -3.73. The van der Waals surface area contributed by atoms with Gasteiger partial charge in [-0.2, -0.15) is 0 Å². The van der Waals surface area contributed by atoms with E-state index in [1.165, 1.54) is 42.7 Å². The number of nitrogens with zero attached hydrogens (tertiary/aromatic N) is 3. The van der Waals surface area contributed by atoms with Crippen LogP contribution < -0.4 is 10.0 Å². The molecule has 3 aromatic rings. The van der Waals surface area contributed by atoms with Gasteiger partial charge in [0.25, 0.3) is 5.91 Å². The van der Waals surface area contributed by atoms with Gasteiger partial charge in [-0.25, -0.2) is 18.1 Å². The molecule has 35 heavy (non-hydrogen) atoms. The third-order valence-electron chi connectivity index (χ3n) is 4.41. The number of aromatic nitrogens is 2. The average Bonchev–Trinajstić information content (AvgIpc) is 3.29. The Morgan fingerprint density at radius 1 is 1.06 bits per heavy atom. The monoisotopic (exact) mass is 519 g/mol. The molecule has 0 aliphatic rings. The number of pyridine rings is 1. The third kappa shape index (κ3) is 7.90. The highest BCUT2D eigenvalue weighted by molar-refractivity contribution is 7.89. The zero-order valence-electron chi connectivity index (χ0n) is 19.1. The lowest BCUT2D eigenvalue weighted by Crippen LogP contribution is -2.27. The summed E-state index contributed by atoms with van der Waals surface area (Å²) in [6, 6.07) is 11.1. The molecule has 3 rings (SSSR count). The number of sulfonamides is 1. The minimum absolute atomic E-state index is 0.0376. The second kappa shape index (κ2) is 13.0. The SMILES string of the molecule is COCCNS(=O)(=O)c1ccc(/C(=N\OCc2ccccn2)C(=O)Nc2ncc(COC)s2)cc1. The van der Waals surface area contributed by atoms with Gasteiger partial charge in [0.2, 0.25) is 10.0 Å². The van der Waals surface area contributed by atoms with E-state index < -0.39 is 15.9 Å². The molecule has 1 aromatic carbocycles. The highest BCUT2D eigenvalue weighted by Crippen LogP contribution is 2.19. The Kier molecular flexibility index (Phi) is 9.81. The Hall–Kier alpha value is -3.23. The van der Waals surface area contributed by atoms with Crippen LogP contribution in [0.3, 0.4) is 0 Å². The molecule has 0 bridgehead atoms. The van der Waals surface area contributed by atoms with E-state index in [1.807, 2.05) is 6.07 Å². The summed E-state index contributed by atoms with van der Waals surface area (Å²) in [6.45, 7) is 0.791. The van der Waals surface area contributed by atoms with E-state index in [4.69, 9.17) is 14.3 Å². The first-order valence-electron chi connectivity index (χ1n) is 10.4. The van der Waals surface area contributed by atoms with Crippen LogP contribution in [-0.4, -0.2) is 57.4 Å². The Bertz CT molecular complexity index is 1230. The quantitative estimate of drug-likeness (QED) is 0.199. The number of nitrogens with one attached hydrogen (secondary N) is 2. The summed E-state index contributed by atoms with van der Waals surface area (Å²) in [6.07, 6.45) is 3.23. The van der Waals surface area contributed by atoms with E-state index in [9.17, 15) is 13.2 Å². The Labute approximate surface area is 207 Å². The fourth-order valence-electron chi connectivity index (χ4n) is 2.76. The third-order valence-corrected chi connectivity index (χ3v) is 6.77. The van der Waals surface area contributed by atoms with Gasteiger partial charge in [-0.1, -0.05) is 34.7 Å². The number of anilines is 1. The Morgan fingerprint density at radius 3 is 2.54 bits per heavy atom. The molecular formula is C22H25N5O6S2. The first-order chi connectivity index (χ1) is 16.9. The second-order valence-corrected chi connectivity index (χ2v) is 9.85. The van der Waals surface area contributed by atoms with Gasteiger partial charge in [-0.3, -0.25) is 15.1 Å². The lowest BCUT2D eigenvalue weighted by molar-refractivity contribution is -0.110. The van der Waals surface area contributed by atoms with Crippen molar-refractivity contribution in [1.29, 1.82) is 0 Å². The zero-order chi connectivity index (χ0) is 25.1. The molecule has 1 amide bonds. The van der Waals surface area contributed by atoms with Crippen molar-refractivity contribution in [1.82, 2.24) is 14.7 Å².